The largest absolute Gasteiger partial charge is 0.391 e. The summed E-state index contributed by atoms with van der Waals surface area (Å²) < 4.78 is 26.0. The van der Waals surface area contributed by atoms with Gasteiger partial charge in [0.2, 0.25) is 0 Å². The molecule has 3 N–H and O–H groups in total. The summed E-state index contributed by atoms with van der Waals surface area (Å²) in [6, 6.07) is 2.92. The lowest BCUT2D eigenvalue weighted by Crippen LogP contribution is -2.34. The minimum absolute atomic E-state index is 0.168. The first-order valence-corrected chi connectivity index (χ1v) is 6.48. The van der Waals surface area contributed by atoms with Gasteiger partial charge in [0.25, 0.3) is 0 Å². The maximum Gasteiger partial charge on any atom is 0.159 e. The fraction of sp³-hybridized carbons (Fsp3) is 0.571. The lowest BCUT2D eigenvalue weighted by Gasteiger charge is -2.30. The summed E-state index contributed by atoms with van der Waals surface area (Å²) >= 11 is 0. The molecule has 1 aromatic rings. The zero-order valence-corrected chi connectivity index (χ0v) is 10.3. The monoisotopic (exact) mass is 255 g/mol. The number of benzene rings is 1. The second kappa shape index (κ2) is 5.76. The van der Waals surface area contributed by atoms with Crippen LogP contribution in [0.4, 0.5) is 8.78 Å². The van der Waals surface area contributed by atoms with Gasteiger partial charge < -0.3 is 10.8 Å². The van der Waals surface area contributed by atoms with Crippen molar-refractivity contribution in [1.82, 2.24) is 0 Å². The molecule has 2 rings (SSSR count). The van der Waals surface area contributed by atoms with Crippen LogP contribution in [0.2, 0.25) is 0 Å². The van der Waals surface area contributed by atoms with Gasteiger partial charge in [-0.05, 0) is 36.5 Å². The molecule has 0 heterocycles. The second-order valence-corrected chi connectivity index (χ2v) is 5.09. The number of nitrogens with two attached hydrogens (primary N) is 1. The second-order valence-electron chi connectivity index (χ2n) is 5.09. The van der Waals surface area contributed by atoms with Crippen LogP contribution < -0.4 is 5.73 Å². The van der Waals surface area contributed by atoms with Crippen molar-refractivity contribution in [3.63, 3.8) is 0 Å². The van der Waals surface area contributed by atoms with Crippen molar-refractivity contribution in [2.45, 2.75) is 44.2 Å². The van der Waals surface area contributed by atoms with Crippen LogP contribution in [-0.4, -0.2) is 11.2 Å². The molecule has 0 aromatic heterocycles. The Kier molecular flexibility index (Phi) is 4.30. The normalized spacial score (nSPS) is 20.7. The Bertz CT molecular complexity index is 405. The summed E-state index contributed by atoms with van der Waals surface area (Å²) in [4.78, 5) is 0. The van der Waals surface area contributed by atoms with Crippen LogP contribution in [0.5, 0.6) is 0 Å². The van der Waals surface area contributed by atoms with Crippen LogP contribution in [0.25, 0.3) is 0 Å². The molecule has 0 aliphatic heterocycles. The molecule has 4 heteroatoms. The van der Waals surface area contributed by atoms with E-state index in [1.54, 1.807) is 0 Å². The molecule has 100 valence electrons. The van der Waals surface area contributed by atoms with E-state index in [1.807, 2.05) is 0 Å². The smallest absolute Gasteiger partial charge is 0.159 e. The predicted octanol–water partition coefficient (Wildman–Crippen LogP) is 2.91. The molecule has 0 radical (unpaired) electrons. The van der Waals surface area contributed by atoms with E-state index in [-0.39, 0.29) is 5.92 Å². The Morgan fingerprint density at radius 2 is 1.78 bits per heavy atom. The van der Waals surface area contributed by atoms with Gasteiger partial charge in [-0.1, -0.05) is 25.3 Å². The van der Waals surface area contributed by atoms with E-state index >= 15 is 0 Å². The Morgan fingerprint density at radius 1 is 1.11 bits per heavy atom. The average Bonchev–Trinajstić information content (AvgIpc) is 2.41. The van der Waals surface area contributed by atoms with Crippen molar-refractivity contribution < 1.29 is 13.9 Å². The van der Waals surface area contributed by atoms with Gasteiger partial charge in [-0.3, -0.25) is 0 Å². The molecular weight excluding hydrogens is 236 g/mol. The maximum atomic E-state index is 13.1. The van der Waals surface area contributed by atoms with Crippen molar-refractivity contribution in [3.8, 4) is 0 Å². The number of aliphatic hydroxyl groups excluding tert-OH is 1. The number of hydrogen-bond donors (Lipinski definition) is 2. The lowest BCUT2D eigenvalue weighted by atomic mass is 9.81. The van der Waals surface area contributed by atoms with Gasteiger partial charge in [0.05, 0.1) is 12.1 Å². The first-order chi connectivity index (χ1) is 8.59. The first kappa shape index (κ1) is 13.4. The highest BCUT2D eigenvalue weighted by atomic mass is 19.2. The molecular formula is C14H19F2NO. The highest BCUT2D eigenvalue weighted by Gasteiger charge is 2.27. The van der Waals surface area contributed by atoms with Crippen LogP contribution in [0.15, 0.2) is 18.2 Å². The van der Waals surface area contributed by atoms with Crippen LogP contribution in [0, 0.1) is 17.6 Å². The van der Waals surface area contributed by atoms with Gasteiger partial charge in [-0.15, -0.1) is 0 Å². The molecule has 0 amide bonds. The van der Waals surface area contributed by atoms with Crippen molar-refractivity contribution in [2.75, 3.05) is 0 Å². The van der Waals surface area contributed by atoms with Gasteiger partial charge in [0.15, 0.2) is 11.6 Å². The van der Waals surface area contributed by atoms with Crippen LogP contribution in [-0.2, 0) is 0 Å². The van der Waals surface area contributed by atoms with E-state index in [0.717, 1.165) is 37.8 Å². The topological polar surface area (TPSA) is 46.2 Å². The number of aliphatic hydroxyl groups is 1. The van der Waals surface area contributed by atoms with E-state index in [2.05, 4.69) is 0 Å². The standard InChI is InChI=1S/C14H19F2NO/c15-11-7-6-10(8-12(11)16)13(17)14(18)9-4-2-1-3-5-9/h6-9,13-14,18H,1-5,17H2/t13-,14+/m1/s1. The van der Waals surface area contributed by atoms with E-state index in [1.165, 1.54) is 12.5 Å². The van der Waals surface area contributed by atoms with Gasteiger partial charge in [-0.2, -0.15) is 0 Å². The van der Waals surface area contributed by atoms with Gasteiger partial charge in [0, 0.05) is 0 Å². The average molecular weight is 255 g/mol. The summed E-state index contributed by atoms with van der Waals surface area (Å²) in [5, 5.41) is 10.2. The summed E-state index contributed by atoms with van der Waals surface area (Å²) in [6.07, 6.45) is 4.63. The van der Waals surface area contributed by atoms with Crippen LogP contribution in [0.1, 0.15) is 43.7 Å². The highest BCUT2D eigenvalue weighted by Crippen LogP contribution is 2.31. The molecule has 18 heavy (non-hydrogen) atoms. The molecule has 0 saturated heterocycles. The van der Waals surface area contributed by atoms with Crippen LogP contribution in [0.3, 0.4) is 0 Å². The Morgan fingerprint density at radius 3 is 2.39 bits per heavy atom. The zero-order valence-electron chi connectivity index (χ0n) is 10.3. The number of rotatable bonds is 3. The van der Waals surface area contributed by atoms with E-state index in [4.69, 9.17) is 5.73 Å². The maximum absolute atomic E-state index is 13.1. The molecule has 1 aliphatic carbocycles. The molecule has 0 bridgehead atoms. The van der Waals surface area contributed by atoms with Gasteiger partial charge >= 0.3 is 0 Å². The van der Waals surface area contributed by atoms with Gasteiger partial charge in [-0.25, -0.2) is 8.78 Å². The molecule has 0 unspecified atom stereocenters. The lowest BCUT2D eigenvalue weighted by molar-refractivity contribution is 0.0617. The summed E-state index contributed by atoms with van der Waals surface area (Å²) in [6.45, 7) is 0. The summed E-state index contributed by atoms with van der Waals surface area (Å²) in [5.74, 6) is -1.64. The minimum atomic E-state index is -0.918. The Balaban J connectivity index is 2.09. The molecule has 2 nitrogen and oxygen atoms in total. The summed E-state index contributed by atoms with van der Waals surface area (Å²) in [5.41, 5.74) is 6.40. The predicted molar refractivity (Wildman–Crippen MR) is 65.9 cm³/mol. The number of hydrogen-bond acceptors (Lipinski definition) is 2. The van der Waals surface area contributed by atoms with Crippen molar-refractivity contribution in [1.29, 1.82) is 0 Å². The van der Waals surface area contributed by atoms with Crippen molar-refractivity contribution in [2.24, 2.45) is 11.7 Å². The Hall–Kier alpha value is -1.00. The fourth-order valence-corrected chi connectivity index (χ4v) is 2.69. The fourth-order valence-electron chi connectivity index (χ4n) is 2.69. The summed E-state index contributed by atoms with van der Waals surface area (Å²) in [7, 11) is 0. The minimum Gasteiger partial charge on any atom is -0.391 e. The third-order valence-corrected chi connectivity index (χ3v) is 3.83. The third-order valence-electron chi connectivity index (χ3n) is 3.83. The quantitative estimate of drug-likeness (QED) is 0.872. The third kappa shape index (κ3) is 2.87. The van der Waals surface area contributed by atoms with Crippen LogP contribution >= 0.6 is 0 Å². The van der Waals surface area contributed by atoms with E-state index < -0.39 is 23.8 Å². The number of halogens is 2. The van der Waals surface area contributed by atoms with Crippen molar-refractivity contribution >= 4 is 0 Å². The van der Waals surface area contributed by atoms with Gasteiger partial charge in [0.1, 0.15) is 0 Å². The first-order valence-electron chi connectivity index (χ1n) is 6.48. The molecule has 1 fully saturated rings. The molecule has 1 aromatic carbocycles. The van der Waals surface area contributed by atoms with Crippen molar-refractivity contribution in [3.05, 3.63) is 35.4 Å². The molecule has 1 saturated carbocycles. The molecule has 1 aliphatic rings. The van der Waals surface area contributed by atoms with E-state index in [0.29, 0.717) is 5.56 Å². The zero-order chi connectivity index (χ0) is 13.1. The van der Waals surface area contributed by atoms with E-state index in [9.17, 15) is 13.9 Å². The highest BCUT2D eigenvalue weighted by molar-refractivity contribution is 5.22. The molecule has 2 atom stereocenters. The SMILES string of the molecule is N[C@H](c1ccc(F)c(F)c1)[C@@H](O)C1CCCCC1. The molecule has 0 spiro atoms. The Labute approximate surface area is 106 Å².